The van der Waals surface area contributed by atoms with Crippen molar-refractivity contribution >= 4 is 23.1 Å². The van der Waals surface area contributed by atoms with Gasteiger partial charge in [0, 0.05) is 0 Å². The monoisotopic (exact) mass is 315 g/mol. The maximum atomic E-state index is 4.67. The number of aryl methyl sites for hydroxylation is 2. The SMILES string of the molecule is Cc1ccc(-c2ccc(-c3ccc(N=C=S)c(C)c3)cc2)cc1. The van der Waals surface area contributed by atoms with E-state index in [2.05, 4.69) is 90.0 Å². The molecule has 0 aliphatic rings. The first kappa shape index (κ1) is 15.4. The third-order valence-electron chi connectivity index (χ3n) is 3.97. The van der Waals surface area contributed by atoms with Gasteiger partial charge in [0.1, 0.15) is 0 Å². The van der Waals surface area contributed by atoms with Crippen LogP contribution in [0.5, 0.6) is 0 Å². The molecule has 3 aromatic carbocycles. The molecule has 112 valence electrons. The molecule has 0 aliphatic heterocycles. The number of isothiocyanates is 1. The third kappa shape index (κ3) is 3.45. The fraction of sp³-hybridized carbons (Fsp3) is 0.0952. The summed E-state index contributed by atoms with van der Waals surface area (Å²) in [6, 6.07) is 23.4. The van der Waals surface area contributed by atoms with Crippen molar-refractivity contribution in [3.8, 4) is 22.3 Å². The highest BCUT2D eigenvalue weighted by atomic mass is 32.1. The van der Waals surface area contributed by atoms with Crippen LogP contribution < -0.4 is 0 Å². The van der Waals surface area contributed by atoms with Crippen LogP contribution in [0.15, 0.2) is 71.7 Å². The number of aliphatic imine (C=N–C) groups is 1. The summed E-state index contributed by atoms with van der Waals surface area (Å²) in [5.74, 6) is 0. The lowest BCUT2D eigenvalue weighted by Crippen LogP contribution is -1.82. The molecule has 1 nitrogen and oxygen atoms in total. The second-order valence-corrected chi connectivity index (χ2v) is 5.83. The predicted molar refractivity (Wildman–Crippen MR) is 101 cm³/mol. The zero-order chi connectivity index (χ0) is 16.2. The van der Waals surface area contributed by atoms with Gasteiger partial charge in [-0.3, -0.25) is 0 Å². The average Bonchev–Trinajstić information content (AvgIpc) is 2.58. The highest BCUT2D eigenvalue weighted by Gasteiger charge is 2.03. The molecule has 0 amide bonds. The van der Waals surface area contributed by atoms with Gasteiger partial charge < -0.3 is 0 Å². The van der Waals surface area contributed by atoms with Crippen molar-refractivity contribution in [1.82, 2.24) is 0 Å². The van der Waals surface area contributed by atoms with Crippen LogP contribution >= 0.6 is 12.2 Å². The number of hydrogen-bond donors (Lipinski definition) is 0. The van der Waals surface area contributed by atoms with E-state index in [0.717, 1.165) is 11.3 Å². The Morgan fingerprint density at radius 2 is 1.17 bits per heavy atom. The van der Waals surface area contributed by atoms with E-state index in [0.29, 0.717) is 0 Å². The first-order valence-electron chi connectivity index (χ1n) is 7.53. The molecule has 0 N–H and O–H groups in total. The van der Waals surface area contributed by atoms with Gasteiger partial charge in [0.05, 0.1) is 10.8 Å². The van der Waals surface area contributed by atoms with Crippen molar-refractivity contribution in [2.45, 2.75) is 13.8 Å². The zero-order valence-electron chi connectivity index (χ0n) is 13.2. The molecule has 0 aromatic heterocycles. The minimum Gasteiger partial charge on any atom is -0.194 e. The number of hydrogen-bond acceptors (Lipinski definition) is 2. The van der Waals surface area contributed by atoms with Crippen molar-refractivity contribution in [3.63, 3.8) is 0 Å². The molecule has 23 heavy (non-hydrogen) atoms. The topological polar surface area (TPSA) is 12.4 Å². The van der Waals surface area contributed by atoms with E-state index < -0.39 is 0 Å². The van der Waals surface area contributed by atoms with E-state index in [9.17, 15) is 0 Å². The fourth-order valence-corrected chi connectivity index (χ4v) is 2.71. The summed E-state index contributed by atoms with van der Waals surface area (Å²) in [6.07, 6.45) is 0. The van der Waals surface area contributed by atoms with Crippen molar-refractivity contribution in [3.05, 3.63) is 77.9 Å². The van der Waals surface area contributed by atoms with Gasteiger partial charge >= 0.3 is 0 Å². The van der Waals surface area contributed by atoms with Crippen LogP contribution in [0.25, 0.3) is 22.3 Å². The molecule has 0 fully saturated rings. The van der Waals surface area contributed by atoms with Crippen LogP contribution in [0.4, 0.5) is 5.69 Å². The van der Waals surface area contributed by atoms with Gasteiger partial charge in [-0.1, -0.05) is 60.2 Å². The fourth-order valence-electron chi connectivity index (χ4n) is 2.61. The summed E-state index contributed by atoms with van der Waals surface area (Å²) >= 11 is 4.67. The number of nitrogens with zero attached hydrogens (tertiary/aromatic N) is 1. The molecule has 0 saturated carbocycles. The average molecular weight is 315 g/mol. The van der Waals surface area contributed by atoms with E-state index >= 15 is 0 Å². The van der Waals surface area contributed by atoms with Gasteiger partial charge in [0.2, 0.25) is 0 Å². The molecule has 0 radical (unpaired) electrons. The van der Waals surface area contributed by atoms with E-state index in [-0.39, 0.29) is 0 Å². The second-order valence-electron chi connectivity index (χ2n) is 5.65. The Labute approximate surface area is 142 Å². The van der Waals surface area contributed by atoms with E-state index in [4.69, 9.17) is 0 Å². The van der Waals surface area contributed by atoms with Crippen LogP contribution in [0.1, 0.15) is 11.1 Å². The molecule has 3 aromatic rings. The summed E-state index contributed by atoms with van der Waals surface area (Å²) < 4.78 is 0. The first-order chi connectivity index (χ1) is 11.2. The van der Waals surface area contributed by atoms with Gasteiger partial charge in [0.15, 0.2) is 0 Å². The summed E-state index contributed by atoms with van der Waals surface area (Å²) in [6.45, 7) is 4.14. The Bertz CT molecular complexity index is 871. The Balaban J connectivity index is 1.91. The van der Waals surface area contributed by atoms with Crippen molar-refractivity contribution < 1.29 is 0 Å². The summed E-state index contributed by atoms with van der Waals surface area (Å²) in [4.78, 5) is 4.07. The van der Waals surface area contributed by atoms with Crippen molar-refractivity contribution in [2.24, 2.45) is 4.99 Å². The van der Waals surface area contributed by atoms with E-state index in [1.165, 1.54) is 27.8 Å². The number of benzene rings is 3. The molecule has 0 spiro atoms. The molecule has 0 unspecified atom stereocenters. The zero-order valence-corrected chi connectivity index (χ0v) is 14.0. The van der Waals surface area contributed by atoms with Gasteiger partial charge in [0.25, 0.3) is 0 Å². The van der Waals surface area contributed by atoms with Gasteiger partial charge in [-0.25, -0.2) is 0 Å². The normalized spacial score (nSPS) is 10.2. The molecule has 0 saturated heterocycles. The summed E-state index contributed by atoms with van der Waals surface area (Å²) in [5, 5.41) is 2.42. The quantitative estimate of drug-likeness (QED) is 0.404. The lowest BCUT2D eigenvalue weighted by atomic mass is 9.98. The standard InChI is InChI=1S/C21H17NS/c1-15-3-5-17(6-4-15)18-7-9-19(10-8-18)20-11-12-21(22-14-23)16(2)13-20/h3-13H,1-2H3. The van der Waals surface area contributed by atoms with Gasteiger partial charge in [-0.05, 0) is 66.0 Å². The molecule has 0 atom stereocenters. The minimum absolute atomic E-state index is 0.875. The Morgan fingerprint density at radius 1 is 0.696 bits per heavy atom. The van der Waals surface area contributed by atoms with Crippen LogP contribution in [-0.4, -0.2) is 5.16 Å². The van der Waals surface area contributed by atoms with Crippen LogP contribution in [-0.2, 0) is 0 Å². The highest BCUT2D eigenvalue weighted by molar-refractivity contribution is 7.78. The first-order valence-corrected chi connectivity index (χ1v) is 7.94. The van der Waals surface area contributed by atoms with E-state index in [1.54, 1.807) is 0 Å². The lowest BCUT2D eigenvalue weighted by Gasteiger charge is -2.07. The Hall–Kier alpha value is -2.54. The Morgan fingerprint density at radius 3 is 1.70 bits per heavy atom. The smallest absolute Gasteiger partial charge is 0.0769 e. The van der Waals surface area contributed by atoms with Gasteiger partial charge in [-0.2, -0.15) is 4.99 Å². The van der Waals surface area contributed by atoms with E-state index in [1.807, 2.05) is 13.0 Å². The molecule has 3 rings (SSSR count). The molecule has 0 aliphatic carbocycles. The molecular weight excluding hydrogens is 298 g/mol. The molecule has 0 bridgehead atoms. The van der Waals surface area contributed by atoms with Crippen molar-refractivity contribution in [1.29, 1.82) is 0 Å². The largest absolute Gasteiger partial charge is 0.194 e. The maximum Gasteiger partial charge on any atom is 0.0769 e. The number of thiocarbonyl (C=S) groups is 1. The second kappa shape index (κ2) is 6.70. The third-order valence-corrected chi connectivity index (χ3v) is 4.06. The minimum atomic E-state index is 0.875. The summed E-state index contributed by atoms with van der Waals surface area (Å²) in [7, 11) is 0. The molecule has 2 heteroatoms. The van der Waals surface area contributed by atoms with Crippen LogP contribution in [0, 0.1) is 13.8 Å². The molecule has 0 heterocycles. The summed E-state index contributed by atoms with van der Waals surface area (Å²) in [5.41, 5.74) is 8.10. The maximum absolute atomic E-state index is 4.67. The van der Waals surface area contributed by atoms with Crippen LogP contribution in [0.2, 0.25) is 0 Å². The highest BCUT2D eigenvalue weighted by Crippen LogP contribution is 2.28. The molecular formula is C21H17NS. The Kier molecular flexibility index (Phi) is 4.47. The van der Waals surface area contributed by atoms with Crippen molar-refractivity contribution in [2.75, 3.05) is 0 Å². The van der Waals surface area contributed by atoms with Gasteiger partial charge in [-0.15, -0.1) is 0 Å². The number of rotatable bonds is 3. The van der Waals surface area contributed by atoms with Crippen LogP contribution in [0.3, 0.4) is 0 Å². The predicted octanol–water partition coefficient (Wildman–Crippen LogP) is 6.37. The lowest BCUT2D eigenvalue weighted by molar-refractivity contribution is 1.41.